The van der Waals surface area contributed by atoms with Gasteiger partial charge in [-0.2, -0.15) is 0 Å². The Morgan fingerprint density at radius 1 is 1.33 bits per heavy atom. The number of aromatic nitrogens is 2. The van der Waals surface area contributed by atoms with E-state index in [1.54, 1.807) is 6.07 Å². The van der Waals surface area contributed by atoms with Crippen molar-refractivity contribution in [3.63, 3.8) is 0 Å². The summed E-state index contributed by atoms with van der Waals surface area (Å²) in [5.41, 5.74) is 0.957. The highest BCUT2D eigenvalue weighted by Gasteiger charge is 2.45. The van der Waals surface area contributed by atoms with Crippen LogP contribution >= 0.6 is 23.2 Å². The smallest absolute Gasteiger partial charge is 0.174 e. The summed E-state index contributed by atoms with van der Waals surface area (Å²) in [6.45, 7) is 4.40. The van der Waals surface area contributed by atoms with Gasteiger partial charge in [0, 0.05) is 11.6 Å². The van der Waals surface area contributed by atoms with E-state index in [0.717, 1.165) is 5.69 Å². The largest absolute Gasteiger partial charge is 0.377 e. The molecular weight excluding hydrogens is 233 g/mol. The average Bonchev–Trinajstić information content (AvgIpc) is 2.92. The quantitative estimate of drug-likeness (QED) is 0.888. The first kappa shape index (κ1) is 11.0. The summed E-state index contributed by atoms with van der Waals surface area (Å²) < 4.78 is 0. The maximum atomic E-state index is 5.94. The normalized spacial score (nSPS) is 17.9. The van der Waals surface area contributed by atoms with Gasteiger partial charge in [0.15, 0.2) is 10.3 Å². The van der Waals surface area contributed by atoms with E-state index in [1.807, 2.05) is 0 Å². The molecule has 0 aliphatic heterocycles. The van der Waals surface area contributed by atoms with Crippen LogP contribution in [-0.2, 0) is 0 Å². The second kappa shape index (κ2) is 3.80. The minimum Gasteiger partial charge on any atom is -0.377 e. The Morgan fingerprint density at radius 2 is 2.00 bits per heavy atom. The molecule has 1 saturated carbocycles. The third-order valence-corrected chi connectivity index (χ3v) is 3.46. The van der Waals surface area contributed by atoms with E-state index in [-0.39, 0.29) is 5.54 Å². The van der Waals surface area contributed by atoms with E-state index < -0.39 is 0 Å². The number of hydrogen-bond acceptors (Lipinski definition) is 3. The summed E-state index contributed by atoms with van der Waals surface area (Å²) in [6, 6.07) is 1.72. The topological polar surface area (TPSA) is 37.8 Å². The first-order valence-electron chi connectivity index (χ1n) is 5.00. The lowest BCUT2D eigenvalue weighted by atomic mass is 10.0. The molecule has 1 fully saturated rings. The SMILES string of the molecule is CC(C)C1(Nc2cc(Cl)nnc2Cl)CC1. The van der Waals surface area contributed by atoms with Crippen LogP contribution in [0.4, 0.5) is 5.69 Å². The van der Waals surface area contributed by atoms with Crippen LogP contribution in [0.1, 0.15) is 26.7 Å². The van der Waals surface area contributed by atoms with Gasteiger partial charge >= 0.3 is 0 Å². The fourth-order valence-corrected chi connectivity index (χ4v) is 1.98. The van der Waals surface area contributed by atoms with Crippen LogP contribution < -0.4 is 5.32 Å². The average molecular weight is 246 g/mol. The van der Waals surface area contributed by atoms with E-state index in [4.69, 9.17) is 23.2 Å². The maximum absolute atomic E-state index is 5.94. The predicted octanol–water partition coefficient (Wildman–Crippen LogP) is 3.38. The fourth-order valence-electron chi connectivity index (χ4n) is 1.69. The first-order chi connectivity index (χ1) is 7.03. The molecule has 0 unspecified atom stereocenters. The van der Waals surface area contributed by atoms with Crippen molar-refractivity contribution in [3.05, 3.63) is 16.4 Å². The second-order valence-corrected chi connectivity index (χ2v) is 5.05. The monoisotopic (exact) mass is 245 g/mol. The summed E-state index contributed by atoms with van der Waals surface area (Å²) in [6.07, 6.45) is 2.34. The fraction of sp³-hybridized carbons (Fsp3) is 0.600. The Kier molecular flexibility index (Phi) is 2.77. The molecule has 1 aliphatic rings. The third-order valence-electron chi connectivity index (χ3n) is 3.00. The second-order valence-electron chi connectivity index (χ2n) is 4.31. The van der Waals surface area contributed by atoms with Crippen LogP contribution in [0.25, 0.3) is 0 Å². The molecule has 1 aromatic rings. The maximum Gasteiger partial charge on any atom is 0.174 e. The van der Waals surface area contributed by atoms with Crippen LogP contribution in [0.3, 0.4) is 0 Å². The summed E-state index contributed by atoms with van der Waals surface area (Å²) in [5.74, 6) is 0.570. The van der Waals surface area contributed by atoms with Gasteiger partial charge in [0.1, 0.15) is 0 Å². The van der Waals surface area contributed by atoms with Gasteiger partial charge in [-0.25, -0.2) is 0 Å². The van der Waals surface area contributed by atoms with Crippen molar-refractivity contribution >= 4 is 28.9 Å². The number of anilines is 1. The van der Waals surface area contributed by atoms with Gasteiger partial charge in [-0.15, -0.1) is 10.2 Å². The Hall–Kier alpha value is -0.540. The standard InChI is InChI=1S/C10H13Cl2N3/c1-6(2)10(3-4-10)13-7-5-8(11)14-15-9(7)12/h5-6H,3-4H2,1-2H3,(H,13,14). The van der Waals surface area contributed by atoms with Gasteiger partial charge in [-0.1, -0.05) is 37.0 Å². The minimum atomic E-state index is 0.177. The van der Waals surface area contributed by atoms with E-state index in [0.29, 0.717) is 16.2 Å². The predicted molar refractivity (Wildman–Crippen MR) is 62.5 cm³/mol. The van der Waals surface area contributed by atoms with E-state index in [1.165, 1.54) is 12.8 Å². The molecule has 15 heavy (non-hydrogen) atoms. The zero-order valence-electron chi connectivity index (χ0n) is 8.72. The number of halogens is 2. The third kappa shape index (κ3) is 2.18. The minimum absolute atomic E-state index is 0.177. The number of nitrogens with one attached hydrogen (secondary N) is 1. The molecule has 0 amide bonds. The zero-order valence-corrected chi connectivity index (χ0v) is 10.2. The molecule has 3 nitrogen and oxygen atoms in total. The molecule has 0 spiro atoms. The van der Waals surface area contributed by atoms with Crippen molar-refractivity contribution in [1.29, 1.82) is 0 Å². The van der Waals surface area contributed by atoms with Crippen molar-refractivity contribution in [2.45, 2.75) is 32.2 Å². The molecule has 0 saturated heterocycles. The van der Waals surface area contributed by atoms with Crippen molar-refractivity contribution in [2.24, 2.45) is 5.92 Å². The van der Waals surface area contributed by atoms with Gasteiger partial charge in [0.2, 0.25) is 0 Å². The molecule has 0 aromatic carbocycles. The molecule has 0 radical (unpaired) electrons. The van der Waals surface area contributed by atoms with Gasteiger partial charge in [0.25, 0.3) is 0 Å². The highest BCUT2D eigenvalue weighted by Crippen LogP contribution is 2.45. The number of rotatable bonds is 3. The van der Waals surface area contributed by atoms with E-state index in [2.05, 4.69) is 29.4 Å². The van der Waals surface area contributed by atoms with Crippen LogP contribution in [0.5, 0.6) is 0 Å². The first-order valence-corrected chi connectivity index (χ1v) is 5.76. The van der Waals surface area contributed by atoms with Gasteiger partial charge in [-0.05, 0) is 18.8 Å². The molecule has 0 bridgehead atoms. The Balaban J connectivity index is 2.21. The molecule has 1 N–H and O–H groups in total. The molecule has 1 heterocycles. The Labute approximate surface area is 99.2 Å². The lowest BCUT2D eigenvalue weighted by molar-refractivity contribution is 0.511. The van der Waals surface area contributed by atoms with Crippen LogP contribution in [0.2, 0.25) is 10.3 Å². The van der Waals surface area contributed by atoms with Gasteiger partial charge < -0.3 is 5.32 Å². The Morgan fingerprint density at radius 3 is 2.53 bits per heavy atom. The zero-order chi connectivity index (χ0) is 11.1. The highest BCUT2D eigenvalue weighted by molar-refractivity contribution is 6.33. The molecule has 5 heteroatoms. The van der Waals surface area contributed by atoms with Crippen molar-refractivity contribution < 1.29 is 0 Å². The highest BCUT2D eigenvalue weighted by atomic mass is 35.5. The summed E-state index contributed by atoms with van der Waals surface area (Å²) in [7, 11) is 0. The summed E-state index contributed by atoms with van der Waals surface area (Å²) in [4.78, 5) is 0. The molecule has 1 aromatic heterocycles. The van der Waals surface area contributed by atoms with Crippen LogP contribution in [0, 0.1) is 5.92 Å². The molecule has 0 atom stereocenters. The van der Waals surface area contributed by atoms with Crippen molar-refractivity contribution in [2.75, 3.05) is 5.32 Å². The molecule has 2 rings (SSSR count). The number of nitrogens with zero attached hydrogens (tertiary/aromatic N) is 2. The van der Waals surface area contributed by atoms with E-state index in [9.17, 15) is 0 Å². The van der Waals surface area contributed by atoms with Crippen LogP contribution in [-0.4, -0.2) is 15.7 Å². The summed E-state index contributed by atoms with van der Waals surface area (Å²) >= 11 is 11.7. The lowest BCUT2D eigenvalue weighted by Crippen LogP contribution is -2.27. The molecule has 1 aliphatic carbocycles. The van der Waals surface area contributed by atoms with Crippen molar-refractivity contribution in [1.82, 2.24) is 10.2 Å². The van der Waals surface area contributed by atoms with Crippen molar-refractivity contribution in [3.8, 4) is 0 Å². The summed E-state index contributed by atoms with van der Waals surface area (Å²) in [5, 5.41) is 11.6. The number of hydrogen-bond donors (Lipinski definition) is 1. The van der Waals surface area contributed by atoms with Gasteiger partial charge in [-0.3, -0.25) is 0 Å². The molecular formula is C10H13Cl2N3. The molecule has 82 valence electrons. The van der Waals surface area contributed by atoms with Gasteiger partial charge in [0.05, 0.1) is 5.69 Å². The van der Waals surface area contributed by atoms with E-state index >= 15 is 0 Å². The Bertz CT molecular complexity index is 375. The lowest BCUT2D eigenvalue weighted by Gasteiger charge is -2.22. The van der Waals surface area contributed by atoms with Crippen LogP contribution in [0.15, 0.2) is 6.07 Å².